The summed E-state index contributed by atoms with van der Waals surface area (Å²) in [6.45, 7) is 2.33. The Hall–Kier alpha value is -0.120. The standard InChI is InChI=1S/C9H12OS2/c1-8-2-4-9(5-3-8)12-11-7-6-10/h2-5,10H,6-7H2,1H3. The lowest BCUT2D eigenvalue weighted by molar-refractivity contribution is 0.323. The molecule has 1 aromatic rings. The van der Waals surface area contributed by atoms with Crippen LogP contribution in [0, 0.1) is 6.92 Å². The third-order valence-electron chi connectivity index (χ3n) is 1.35. The van der Waals surface area contributed by atoms with E-state index in [9.17, 15) is 0 Å². The molecule has 0 amide bonds. The van der Waals surface area contributed by atoms with Crippen LogP contribution < -0.4 is 0 Å². The summed E-state index contributed by atoms with van der Waals surface area (Å²) in [5, 5.41) is 8.55. The Balaban J connectivity index is 2.37. The van der Waals surface area contributed by atoms with Crippen LogP contribution in [0.25, 0.3) is 0 Å². The van der Waals surface area contributed by atoms with Crippen molar-refractivity contribution in [2.75, 3.05) is 12.4 Å². The second-order valence-electron chi connectivity index (χ2n) is 2.44. The first-order valence-electron chi connectivity index (χ1n) is 3.80. The lowest BCUT2D eigenvalue weighted by Gasteiger charge is -1.99. The van der Waals surface area contributed by atoms with Crippen LogP contribution in [0.4, 0.5) is 0 Å². The summed E-state index contributed by atoms with van der Waals surface area (Å²) in [7, 11) is 3.39. The maximum absolute atomic E-state index is 8.55. The first-order valence-corrected chi connectivity index (χ1v) is 6.12. The van der Waals surface area contributed by atoms with Crippen molar-refractivity contribution in [1.29, 1.82) is 0 Å². The lowest BCUT2D eigenvalue weighted by Crippen LogP contribution is -1.81. The van der Waals surface area contributed by atoms with E-state index in [1.165, 1.54) is 10.5 Å². The highest BCUT2D eigenvalue weighted by Gasteiger charge is 1.92. The molecule has 66 valence electrons. The van der Waals surface area contributed by atoms with E-state index in [2.05, 4.69) is 31.2 Å². The van der Waals surface area contributed by atoms with E-state index in [1.54, 1.807) is 21.6 Å². The summed E-state index contributed by atoms with van der Waals surface area (Å²) < 4.78 is 0. The van der Waals surface area contributed by atoms with Crippen LogP contribution in [-0.2, 0) is 0 Å². The normalized spacial score (nSPS) is 10.2. The Morgan fingerprint density at radius 2 is 1.92 bits per heavy atom. The summed E-state index contributed by atoms with van der Waals surface area (Å²) in [5.41, 5.74) is 1.28. The van der Waals surface area contributed by atoms with E-state index >= 15 is 0 Å². The molecule has 0 bridgehead atoms. The van der Waals surface area contributed by atoms with E-state index in [-0.39, 0.29) is 6.61 Å². The van der Waals surface area contributed by atoms with Crippen LogP contribution in [-0.4, -0.2) is 17.5 Å². The molecule has 1 N–H and O–H groups in total. The summed E-state index contributed by atoms with van der Waals surface area (Å²) in [6.07, 6.45) is 0. The largest absolute Gasteiger partial charge is 0.395 e. The number of hydrogen-bond donors (Lipinski definition) is 1. The lowest BCUT2D eigenvalue weighted by atomic mass is 10.2. The van der Waals surface area contributed by atoms with E-state index in [0.29, 0.717) is 0 Å². The molecule has 0 saturated heterocycles. The minimum atomic E-state index is 0.254. The maximum atomic E-state index is 8.55. The zero-order valence-corrected chi connectivity index (χ0v) is 8.62. The molecule has 0 aliphatic rings. The van der Waals surface area contributed by atoms with Crippen LogP contribution in [0.2, 0.25) is 0 Å². The highest BCUT2D eigenvalue weighted by Crippen LogP contribution is 2.30. The van der Waals surface area contributed by atoms with Gasteiger partial charge in [-0.1, -0.05) is 39.3 Å². The molecule has 0 aliphatic carbocycles. The maximum Gasteiger partial charge on any atom is 0.0530 e. The number of aliphatic hydroxyl groups excluding tert-OH is 1. The van der Waals surface area contributed by atoms with Crippen molar-refractivity contribution in [3.05, 3.63) is 29.8 Å². The second-order valence-corrected chi connectivity index (χ2v) is 4.93. The molecular formula is C9H12OS2. The van der Waals surface area contributed by atoms with Gasteiger partial charge in [0.1, 0.15) is 0 Å². The number of hydrogen-bond acceptors (Lipinski definition) is 3. The molecule has 0 heterocycles. The minimum Gasteiger partial charge on any atom is -0.395 e. The second kappa shape index (κ2) is 5.51. The fourth-order valence-electron chi connectivity index (χ4n) is 0.741. The smallest absolute Gasteiger partial charge is 0.0530 e. The van der Waals surface area contributed by atoms with Gasteiger partial charge in [0.05, 0.1) is 6.61 Å². The third kappa shape index (κ3) is 3.52. The van der Waals surface area contributed by atoms with Crippen LogP contribution >= 0.6 is 21.6 Å². The predicted molar refractivity (Wildman–Crippen MR) is 56.6 cm³/mol. The number of aliphatic hydroxyl groups is 1. The highest BCUT2D eigenvalue weighted by atomic mass is 33.1. The van der Waals surface area contributed by atoms with E-state index in [1.807, 2.05) is 0 Å². The van der Waals surface area contributed by atoms with Gasteiger partial charge < -0.3 is 5.11 Å². The Morgan fingerprint density at radius 1 is 1.25 bits per heavy atom. The van der Waals surface area contributed by atoms with Gasteiger partial charge in [-0.25, -0.2) is 0 Å². The average Bonchev–Trinajstić information content (AvgIpc) is 2.09. The van der Waals surface area contributed by atoms with Gasteiger partial charge in [-0.15, -0.1) is 0 Å². The molecule has 0 unspecified atom stereocenters. The summed E-state index contributed by atoms with van der Waals surface area (Å²) >= 11 is 0. The van der Waals surface area contributed by atoms with Crippen molar-refractivity contribution in [3.63, 3.8) is 0 Å². The van der Waals surface area contributed by atoms with E-state index in [0.717, 1.165) is 5.75 Å². The summed E-state index contributed by atoms with van der Waals surface area (Å²) in [6, 6.07) is 8.40. The Labute approximate surface area is 81.0 Å². The third-order valence-corrected chi connectivity index (χ3v) is 3.71. The summed E-state index contributed by atoms with van der Waals surface area (Å²) in [4.78, 5) is 1.25. The van der Waals surface area contributed by atoms with Gasteiger partial charge >= 0.3 is 0 Å². The van der Waals surface area contributed by atoms with Crippen LogP contribution in [0.5, 0.6) is 0 Å². The van der Waals surface area contributed by atoms with E-state index < -0.39 is 0 Å². The van der Waals surface area contributed by atoms with Crippen molar-refractivity contribution in [3.8, 4) is 0 Å². The van der Waals surface area contributed by atoms with E-state index in [4.69, 9.17) is 5.11 Å². The molecule has 1 rings (SSSR count). The van der Waals surface area contributed by atoms with Gasteiger partial charge in [-0.2, -0.15) is 0 Å². The predicted octanol–water partition coefficient (Wildman–Crippen LogP) is 2.73. The van der Waals surface area contributed by atoms with Crippen LogP contribution in [0.3, 0.4) is 0 Å². The Kier molecular flexibility index (Phi) is 4.58. The molecular weight excluding hydrogens is 188 g/mol. The molecule has 12 heavy (non-hydrogen) atoms. The fourth-order valence-corrected chi connectivity index (χ4v) is 2.50. The molecule has 0 aliphatic heterocycles. The van der Waals surface area contributed by atoms with Crippen molar-refractivity contribution in [2.45, 2.75) is 11.8 Å². The molecule has 0 fully saturated rings. The van der Waals surface area contributed by atoms with Crippen molar-refractivity contribution in [1.82, 2.24) is 0 Å². The van der Waals surface area contributed by atoms with Crippen molar-refractivity contribution >= 4 is 21.6 Å². The highest BCUT2D eigenvalue weighted by molar-refractivity contribution is 8.76. The molecule has 1 aromatic carbocycles. The van der Waals surface area contributed by atoms with Gasteiger partial charge in [0, 0.05) is 10.6 Å². The van der Waals surface area contributed by atoms with Crippen LogP contribution in [0.1, 0.15) is 5.56 Å². The Bertz CT molecular complexity index is 220. The summed E-state index contributed by atoms with van der Waals surface area (Å²) in [5.74, 6) is 0.790. The van der Waals surface area contributed by atoms with Gasteiger partial charge in [-0.05, 0) is 19.1 Å². The first-order chi connectivity index (χ1) is 5.83. The number of aryl methyl sites for hydroxylation is 1. The molecule has 0 radical (unpaired) electrons. The quantitative estimate of drug-likeness (QED) is 0.596. The first kappa shape index (κ1) is 9.96. The van der Waals surface area contributed by atoms with Gasteiger partial charge in [0.25, 0.3) is 0 Å². The average molecular weight is 200 g/mol. The van der Waals surface area contributed by atoms with Crippen molar-refractivity contribution < 1.29 is 5.11 Å². The van der Waals surface area contributed by atoms with Gasteiger partial charge in [0.15, 0.2) is 0 Å². The van der Waals surface area contributed by atoms with Gasteiger partial charge in [-0.3, -0.25) is 0 Å². The fraction of sp³-hybridized carbons (Fsp3) is 0.333. The number of benzene rings is 1. The van der Waals surface area contributed by atoms with Crippen molar-refractivity contribution in [2.24, 2.45) is 0 Å². The minimum absolute atomic E-state index is 0.254. The zero-order valence-electron chi connectivity index (χ0n) is 6.99. The molecule has 0 spiro atoms. The molecule has 0 aromatic heterocycles. The SMILES string of the molecule is Cc1ccc(SSCCO)cc1. The number of rotatable bonds is 4. The Morgan fingerprint density at radius 3 is 2.50 bits per heavy atom. The molecule has 1 nitrogen and oxygen atoms in total. The molecule has 3 heteroatoms. The zero-order chi connectivity index (χ0) is 8.81. The topological polar surface area (TPSA) is 20.2 Å². The molecule has 0 atom stereocenters. The van der Waals surface area contributed by atoms with Gasteiger partial charge in [0.2, 0.25) is 0 Å². The monoisotopic (exact) mass is 200 g/mol. The molecule has 0 saturated carbocycles. The van der Waals surface area contributed by atoms with Crippen LogP contribution in [0.15, 0.2) is 29.2 Å².